The molecule has 0 aliphatic rings. The average molecular weight is 230 g/mol. The van der Waals surface area contributed by atoms with Gasteiger partial charge in [0.15, 0.2) is 0 Å². The van der Waals surface area contributed by atoms with Crippen molar-refractivity contribution in [1.29, 1.82) is 0 Å². The van der Waals surface area contributed by atoms with Gasteiger partial charge < -0.3 is 4.98 Å². The number of aromatic nitrogens is 2. The molecule has 0 aliphatic carbocycles. The van der Waals surface area contributed by atoms with Crippen molar-refractivity contribution < 1.29 is 17.6 Å². The van der Waals surface area contributed by atoms with Gasteiger partial charge in [-0.25, -0.2) is 9.37 Å². The molecule has 0 spiro atoms. The highest BCUT2D eigenvalue weighted by Gasteiger charge is 2.33. The number of imidazole rings is 1. The molecule has 0 unspecified atom stereocenters. The molecular weight excluding hydrogens is 224 g/mol. The van der Waals surface area contributed by atoms with Crippen LogP contribution in [-0.4, -0.2) is 9.97 Å². The molecule has 1 aromatic heterocycles. The van der Waals surface area contributed by atoms with E-state index in [9.17, 15) is 17.6 Å². The lowest BCUT2D eigenvalue weighted by molar-refractivity contribution is -0.140. The van der Waals surface area contributed by atoms with Gasteiger partial charge in [0.2, 0.25) is 0 Å². The van der Waals surface area contributed by atoms with Crippen molar-refractivity contribution in [3.63, 3.8) is 0 Å². The van der Waals surface area contributed by atoms with Crippen molar-refractivity contribution in [2.24, 2.45) is 0 Å². The molecule has 2 aromatic rings. The lowest BCUT2D eigenvalue weighted by atomic mass is 10.2. The molecule has 0 saturated carbocycles. The molecule has 1 aromatic carbocycles. The van der Waals surface area contributed by atoms with Gasteiger partial charge in [0.25, 0.3) is 0 Å². The van der Waals surface area contributed by atoms with E-state index in [1.807, 2.05) is 0 Å². The van der Waals surface area contributed by atoms with Crippen LogP contribution in [-0.2, 0) is 6.18 Å². The van der Waals surface area contributed by atoms with E-state index in [1.54, 1.807) is 0 Å². The zero-order valence-corrected chi connectivity index (χ0v) is 7.85. The second kappa shape index (κ2) is 3.62. The molecule has 84 valence electrons. The van der Waals surface area contributed by atoms with Gasteiger partial charge in [-0.3, -0.25) is 0 Å². The highest BCUT2D eigenvalue weighted by Crippen LogP contribution is 2.29. The van der Waals surface area contributed by atoms with Crippen LogP contribution in [0.15, 0.2) is 30.5 Å². The van der Waals surface area contributed by atoms with Crippen LogP contribution in [0, 0.1) is 5.82 Å². The van der Waals surface area contributed by atoms with Crippen LogP contribution >= 0.6 is 0 Å². The normalized spacial score (nSPS) is 11.8. The fourth-order valence-corrected chi connectivity index (χ4v) is 1.22. The number of aromatic amines is 1. The Kier molecular flexibility index (Phi) is 2.41. The Labute approximate surface area is 87.9 Å². The Morgan fingerprint density at radius 1 is 1.06 bits per heavy atom. The molecular formula is C10H6F4N2. The Balaban J connectivity index is 2.35. The number of hydrogen-bond acceptors (Lipinski definition) is 1. The van der Waals surface area contributed by atoms with Crippen molar-refractivity contribution in [3.05, 3.63) is 42.0 Å². The van der Waals surface area contributed by atoms with E-state index < -0.39 is 17.7 Å². The van der Waals surface area contributed by atoms with E-state index in [-0.39, 0.29) is 5.82 Å². The van der Waals surface area contributed by atoms with E-state index in [0.29, 0.717) is 11.8 Å². The molecule has 0 saturated heterocycles. The molecule has 0 fully saturated rings. The molecule has 2 rings (SSSR count). The number of benzene rings is 1. The maximum atomic E-state index is 12.6. The van der Waals surface area contributed by atoms with E-state index >= 15 is 0 Å². The van der Waals surface area contributed by atoms with E-state index in [2.05, 4.69) is 9.97 Å². The van der Waals surface area contributed by atoms with Gasteiger partial charge in [-0.15, -0.1) is 0 Å². The monoisotopic (exact) mass is 230 g/mol. The van der Waals surface area contributed by atoms with Crippen LogP contribution in [0.3, 0.4) is 0 Å². The summed E-state index contributed by atoms with van der Waals surface area (Å²) in [6, 6.07) is 5.03. The lowest BCUT2D eigenvalue weighted by Gasteiger charge is -2.01. The number of halogens is 4. The van der Waals surface area contributed by atoms with Gasteiger partial charge in [0.1, 0.15) is 17.3 Å². The van der Waals surface area contributed by atoms with E-state index in [1.165, 1.54) is 12.1 Å². The third kappa shape index (κ3) is 2.05. The summed E-state index contributed by atoms with van der Waals surface area (Å²) in [4.78, 5) is 5.71. The molecule has 1 N–H and O–H groups in total. The van der Waals surface area contributed by atoms with Gasteiger partial charge in [-0.05, 0) is 24.3 Å². The van der Waals surface area contributed by atoms with Crippen LogP contribution < -0.4 is 0 Å². The molecule has 0 amide bonds. The molecule has 0 bridgehead atoms. The molecule has 0 radical (unpaired) electrons. The first kappa shape index (κ1) is 10.7. The summed E-state index contributed by atoms with van der Waals surface area (Å²) in [5, 5.41) is 0. The van der Waals surface area contributed by atoms with Gasteiger partial charge in [0, 0.05) is 5.56 Å². The molecule has 16 heavy (non-hydrogen) atoms. The summed E-state index contributed by atoms with van der Waals surface area (Å²) in [5.41, 5.74) is -0.524. The second-order valence-corrected chi connectivity index (χ2v) is 3.15. The minimum atomic E-state index is -4.45. The van der Waals surface area contributed by atoms with Gasteiger partial charge in [-0.2, -0.15) is 13.2 Å². The predicted molar refractivity (Wildman–Crippen MR) is 49.0 cm³/mol. The number of nitrogens with zero attached hydrogens (tertiary/aromatic N) is 1. The van der Waals surface area contributed by atoms with Crippen LogP contribution in [0.25, 0.3) is 11.4 Å². The van der Waals surface area contributed by atoms with Crippen molar-refractivity contribution >= 4 is 0 Å². The molecule has 2 nitrogen and oxygen atoms in total. The standard InChI is InChI=1S/C10H6F4N2/c11-7-3-1-6(2-4-7)9-15-5-8(16-9)10(12,13)14/h1-5H,(H,15,16). The summed E-state index contributed by atoms with van der Waals surface area (Å²) in [6.45, 7) is 0. The number of H-pyrrole nitrogens is 1. The zero-order valence-electron chi connectivity index (χ0n) is 7.85. The first-order valence-corrected chi connectivity index (χ1v) is 4.35. The van der Waals surface area contributed by atoms with Crippen molar-refractivity contribution in [3.8, 4) is 11.4 Å². The Hall–Kier alpha value is -1.85. The lowest BCUT2D eigenvalue weighted by Crippen LogP contribution is -2.04. The Bertz CT molecular complexity index is 484. The quantitative estimate of drug-likeness (QED) is 0.748. The number of rotatable bonds is 1. The first-order chi connectivity index (χ1) is 7.47. The van der Waals surface area contributed by atoms with E-state index in [0.717, 1.165) is 12.1 Å². The minimum absolute atomic E-state index is 0.0623. The minimum Gasteiger partial charge on any atom is -0.334 e. The SMILES string of the molecule is Fc1ccc(-c2ncc(C(F)(F)F)[nH]2)cc1. The van der Waals surface area contributed by atoms with E-state index in [4.69, 9.17) is 0 Å². The average Bonchev–Trinajstić information content (AvgIpc) is 2.67. The third-order valence-electron chi connectivity index (χ3n) is 2.00. The van der Waals surface area contributed by atoms with Gasteiger partial charge in [0.05, 0.1) is 6.20 Å². The second-order valence-electron chi connectivity index (χ2n) is 3.15. The zero-order chi connectivity index (χ0) is 11.8. The Morgan fingerprint density at radius 3 is 2.19 bits per heavy atom. The van der Waals surface area contributed by atoms with Gasteiger partial charge in [-0.1, -0.05) is 0 Å². The van der Waals surface area contributed by atoms with Crippen LogP contribution in [0.5, 0.6) is 0 Å². The van der Waals surface area contributed by atoms with Crippen LogP contribution in [0.4, 0.5) is 17.6 Å². The maximum absolute atomic E-state index is 12.6. The molecule has 0 atom stereocenters. The molecule has 0 aliphatic heterocycles. The fourth-order valence-electron chi connectivity index (χ4n) is 1.22. The fraction of sp³-hybridized carbons (Fsp3) is 0.100. The molecule has 6 heteroatoms. The Morgan fingerprint density at radius 2 is 1.69 bits per heavy atom. The highest BCUT2D eigenvalue weighted by molar-refractivity contribution is 5.54. The summed E-state index contributed by atoms with van der Waals surface area (Å²) in [6.07, 6.45) is -3.75. The number of alkyl halides is 3. The maximum Gasteiger partial charge on any atom is 0.432 e. The van der Waals surface area contributed by atoms with Gasteiger partial charge >= 0.3 is 6.18 Å². The number of nitrogens with one attached hydrogen (secondary N) is 1. The van der Waals surface area contributed by atoms with Crippen LogP contribution in [0.1, 0.15) is 5.69 Å². The third-order valence-corrected chi connectivity index (χ3v) is 2.00. The summed E-state index contributed by atoms with van der Waals surface area (Å²) >= 11 is 0. The van der Waals surface area contributed by atoms with Crippen molar-refractivity contribution in [2.75, 3.05) is 0 Å². The summed E-state index contributed by atoms with van der Waals surface area (Å²) in [5.74, 6) is -0.390. The largest absolute Gasteiger partial charge is 0.432 e. The predicted octanol–water partition coefficient (Wildman–Crippen LogP) is 3.23. The molecule has 1 heterocycles. The summed E-state index contributed by atoms with van der Waals surface area (Å²) < 4.78 is 49.3. The first-order valence-electron chi connectivity index (χ1n) is 4.35. The number of hydrogen-bond donors (Lipinski definition) is 1. The van der Waals surface area contributed by atoms with Crippen molar-refractivity contribution in [1.82, 2.24) is 9.97 Å². The topological polar surface area (TPSA) is 28.7 Å². The highest BCUT2D eigenvalue weighted by atomic mass is 19.4. The van der Waals surface area contributed by atoms with Crippen molar-refractivity contribution in [2.45, 2.75) is 6.18 Å². The smallest absolute Gasteiger partial charge is 0.334 e. The van der Waals surface area contributed by atoms with Crippen LogP contribution in [0.2, 0.25) is 0 Å². The summed E-state index contributed by atoms with van der Waals surface area (Å²) in [7, 11) is 0.